The molecule has 5 saturated heterocycles. The maximum absolute atomic E-state index is 15.7. The van der Waals surface area contributed by atoms with Gasteiger partial charge in [-0.05, 0) is 65.3 Å². The molecular formula is C44H36N8O4. The first-order valence-corrected chi connectivity index (χ1v) is 19.8. The fourth-order valence-corrected chi connectivity index (χ4v) is 13.8. The van der Waals surface area contributed by atoms with Gasteiger partial charge in [0.15, 0.2) is 0 Å². The molecule has 12 heteroatoms. The smallest absolute Gasteiger partial charge is 0.247 e. The van der Waals surface area contributed by atoms with Crippen molar-refractivity contribution in [1.29, 1.82) is 0 Å². The fraction of sp³-hybridized carbons (Fsp3) is 0.318. The van der Waals surface area contributed by atoms with E-state index in [2.05, 4.69) is 68.7 Å². The summed E-state index contributed by atoms with van der Waals surface area (Å²) in [6, 6.07) is 27.8. The maximum Gasteiger partial charge on any atom is 0.247 e. The predicted molar refractivity (Wildman–Crippen MR) is 205 cm³/mol. The Balaban J connectivity index is 1.08. The number of piperazine rings is 2. The first-order chi connectivity index (χ1) is 27.4. The van der Waals surface area contributed by atoms with Crippen LogP contribution in [0.15, 0.2) is 97.2 Å². The third-order valence-corrected chi connectivity index (χ3v) is 15.6. The second-order valence-electron chi connectivity index (χ2n) is 17.4. The number of aromatic amines is 1. The van der Waals surface area contributed by atoms with Gasteiger partial charge in [-0.15, -0.1) is 0 Å². The number of aromatic nitrogens is 1. The van der Waals surface area contributed by atoms with Crippen molar-refractivity contribution >= 4 is 51.6 Å². The van der Waals surface area contributed by atoms with Crippen LogP contribution in [0.2, 0.25) is 0 Å². The van der Waals surface area contributed by atoms with Crippen molar-refractivity contribution in [3.05, 3.63) is 125 Å². The van der Waals surface area contributed by atoms with Crippen LogP contribution >= 0.6 is 0 Å². The molecule has 12 nitrogen and oxygen atoms in total. The first kappa shape index (κ1) is 30.0. The van der Waals surface area contributed by atoms with Gasteiger partial charge in [-0.25, -0.2) is 0 Å². The lowest BCUT2D eigenvalue weighted by Crippen LogP contribution is -2.67. The molecule has 0 radical (unpaired) electrons. The molecule has 0 saturated carbocycles. The number of benzene rings is 4. The molecule has 2 spiro atoms. The second kappa shape index (κ2) is 9.38. The van der Waals surface area contributed by atoms with Crippen LogP contribution in [0.4, 0.5) is 17.1 Å². The van der Waals surface area contributed by atoms with Crippen LogP contribution < -0.4 is 21.3 Å². The van der Waals surface area contributed by atoms with Crippen molar-refractivity contribution in [1.82, 2.24) is 25.0 Å². The Kier molecular flexibility index (Phi) is 5.02. The Morgan fingerprint density at radius 2 is 1.05 bits per heavy atom. The van der Waals surface area contributed by atoms with Crippen LogP contribution in [0, 0.1) is 0 Å². The summed E-state index contributed by atoms with van der Waals surface area (Å²) in [5.41, 5.74) is 6.18. The lowest BCUT2D eigenvalue weighted by atomic mass is 9.54. The van der Waals surface area contributed by atoms with Gasteiger partial charge in [0.1, 0.15) is 42.7 Å². The number of carbonyl (C=O) groups is 4. The van der Waals surface area contributed by atoms with E-state index >= 15 is 14.4 Å². The molecule has 5 N–H and O–H groups in total. The van der Waals surface area contributed by atoms with E-state index in [1.807, 2.05) is 69.4 Å². The molecule has 10 aliphatic rings. The van der Waals surface area contributed by atoms with E-state index in [4.69, 9.17) is 0 Å². The van der Waals surface area contributed by atoms with Crippen LogP contribution in [-0.2, 0) is 41.8 Å². The number of carbonyl (C=O) groups excluding carboxylic acids is 4. The van der Waals surface area contributed by atoms with Crippen LogP contribution in [0.5, 0.6) is 0 Å². The van der Waals surface area contributed by atoms with Crippen LogP contribution in [-0.4, -0.2) is 86.0 Å². The molecule has 5 aromatic rings. The molecule has 276 valence electrons. The van der Waals surface area contributed by atoms with Gasteiger partial charge in [0, 0.05) is 40.6 Å². The number of nitrogens with one attached hydrogen (secondary N) is 5. The zero-order valence-corrected chi connectivity index (χ0v) is 30.1. The standard InChI is InChI=1S/C44H36N8O4/c53-35-31-18-43-24-10-2-5-14-28(24)48-40(43)50(31)36(54)30(46-35)16-21-20-45-34-22(21)8-7-12-26(34)42-17-32-37(55)52-33(19-44(43)25-11-3-6-15-29(25)49-41(44)52)38(56)51(32)39(42)47-27-13-4-1-9-23(27)42/h1-15,20,30-33,39-41,45,47-49H,16-19H2,(H,46,53)/t30-,31-,32-,33-,39-,40-,41-,42+,43?,44+/m0/s1. The number of hydrogen-bond acceptors (Lipinski definition) is 7. The highest BCUT2D eigenvalue weighted by atomic mass is 16.2. The summed E-state index contributed by atoms with van der Waals surface area (Å²) >= 11 is 0. The lowest BCUT2D eigenvalue weighted by molar-refractivity contribution is -0.160. The summed E-state index contributed by atoms with van der Waals surface area (Å²) in [5.74, 6) is -0.458. The monoisotopic (exact) mass is 740 g/mol. The number of amides is 4. The lowest BCUT2D eigenvalue weighted by Gasteiger charge is -2.48. The van der Waals surface area contributed by atoms with Crippen molar-refractivity contribution in [2.75, 3.05) is 16.0 Å². The molecule has 1 aromatic heterocycles. The molecule has 56 heavy (non-hydrogen) atoms. The molecule has 10 atom stereocenters. The number of H-pyrrole nitrogens is 1. The molecule has 1 unspecified atom stereocenters. The number of nitrogens with zero attached hydrogens (tertiary/aromatic N) is 3. The molecule has 5 fully saturated rings. The molecule has 13 bridgehead atoms. The Morgan fingerprint density at radius 3 is 1.75 bits per heavy atom. The molecule has 4 amide bonds. The zero-order valence-electron chi connectivity index (χ0n) is 30.1. The second-order valence-corrected chi connectivity index (χ2v) is 17.4. The van der Waals surface area contributed by atoms with Crippen LogP contribution in [0.25, 0.3) is 10.9 Å². The Bertz CT molecular complexity index is 2730. The van der Waals surface area contributed by atoms with E-state index in [1.165, 1.54) is 0 Å². The van der Waals surface area contributed by atoms with Gasteiger partial charge >= 0.3 is 0 Å². The highest BCUT2D eigenvalue weighted by Crippen LogP contribution is 2.70. The average molecular weight is 741 g/mol. The summed E-state index contributed by atoms with van der Waals surface area (Å²) in [6.45, 7) is 0. The summed E-state index contributed by atoms with van der Waals surface area (Å²) < 4.78 is 0. The van der Waals surface area contributed by atoms with Gasteiger partial charge in [0.25, 0.3) is 0 Å². The van der Waals surface area contributed by atoms with Gasteiger partial charge in [0.2, 0.25) is 23.6 Å². The molecular weight excluding hydrogens is 705 g/mol. The number of anilines is 3. The third kappa shape index (κ3) is 2.95. The third-order valence-electron chi connectivity index (χ3n) is 15.6. The van der Waals surface area contributed by atoms with Crippen molar-refractivity contribution in [2.45, 2.75) is 84.6 Å². The number of para-hydroxylation sites is 4. The van der Waals surface area contributed by atoms with Gasteiger partial charge < -0.3 is 41.0 Å². The summed E-state index contributed by atoms with van der Waals surface area (Å²) in [5, 5.41) is 15.5. The van der Waals surface area contributed by atoms with Crippen molar-refractivity contribution in [3.63, 3.8) is 0 Å². The number of fused-ring (bicyclic) bond motifs is 3. The average Bonchev–Trinajstić information content (AvgIpc) is 4.06. The van der Waals surface area contributed by atoms with Gasteiger partial charge in [-0.1, -0.05) is 72.8 Å². The van der Waals surface area contributed by atoms with E-state index in [0.717, 1.165) is 55.8 Å². The highest BCUT2D eigenvalue weighted by Gasteiger charge is 2.79. The Labute approximate surface area is 320 Å². The minimum atomic E-state index is -0.881. The quantitative estimate of drug-likeness (QED) is 0.164. The van der Waals surface area contributed by atoms with Gasteiger partial charge in [-0.2, -0.15) is 0 Å². The van der Waals surface area contributed by atoms with Crippen molar-refractivity contribution < 1.29 is 19.2 Å². The summed E-state index contributed by atoms with van der Waals surface area (Å²) in [6.07, 6.45) is 1.67. The highest BCUT2D eigenvalue weighted by molar-refractivity contribution is 6.03. The van der Waals surface area contributed by atoms with Crippen molar-refractivity contribution in [2.24, 2.45) is 0 Å². The first-order valence-electron chi connectivity index (χ1n) is 19.8. The minimum Gasteiger partial charge on any atom is -0.364 e. The molecule has 15 rings (SSSR count). The van der Waals surface area contributed by atoms with Crippen molar-refractivity contribution in [3.8, 4) is 0 Å². The normalized spacial score (nSPS) is 36.9. The van der Waals surface area contributed by atoms with E-state index in [9.17, 15) is 4.79 Å². The number of hydrogen-bond donors (Lipinski definition) is 5. The number of rotatable bonds is 0. The molecule has 11 heterocycles. The Morgan fingerprint density at radius 1 is 0.518 bits per heavy atom. The molecule has 10 aliphatic heterocycles. The minimum absolute atomic E-state index is 0.0738. The van der Waals surface area contributed by atoms with Gasteiger partial charge in [-0.3, -0.25) is 19.2 Å². The van der Waals surface area contributed by atoms with Crippen LogP contribution in [0.3, 0.4) is 0 Å². The predicted octanol–water partition coefficient (Wildman–Crippen LogP) is 3.46. The fourth-order valence-electron chi connectivity index (χ4n) is 13.8. The molecule has 4 aromatic carbocycles. The maximum atomic E-state index is 15.7. The topological polar surface area (TPSA) is 142 Å². The summed E-state index contributed by atoms with van der Waals surface area (Å²) in [4.78, 5) is 70.2. The van der Waals surface area contributed by atoms with Gasteiger partial charge in [0.05, 0.1) is 16.2 Å². The largest absolute Gasteiger partial charge is 0.364 e. The summed E-state index contributed by atoms with van der Waals surface area (Å²) in [7, 11) is 0. The zero-order chi connectivity index (χ0) is 37.0. The van der Waals surface area contributed by atoms with E-state index < -0.39 is 58.9 Å². The van der Waals surface area contributed by atoms with Crippen LogP contribution in [0.1, 0.15) is 47.1 Å². The van der Waals surface area contributed by atoms with E-state index in [0.29, 0.717) is 25.7 Å². The van der Waals surface area contributed by atoms with E-state index in [1.54, 1.807) is 0 Å². The SMILES string of the molecule is O=C1N[C@H]2Cc3c[nH]c4c(cccc34)[C@]34C[C@H]5C(=O)N6[C@@H](C[C@]7(c8ccccc8N[C@@H]67)C67C[C@@H]1N(C2=O)[C@@H]6Nc1ccccc17)C(=O)N5[C@@H]3Nc1ccccc14. The molecule has 0 aliphatic carbocycles. The van der Waals surface area contributed by atoms with E-state index in [-0.39, 0.29) is 23.6 Å². The Hall–Kier alpha value is -6.30.